The molecule has 0 aliphatic rings. The molecule has 1 aromatic heterocycles. The molecule has 7 heteroatoms. The molecule has 0 bridgehead atoms. The van der Waals surface area contributed by atoms with E-state index in [-0.39, 0.29) is 0 Å². The minimum absolute atomic E-state index is 0.508. The van der Waals surface area contributed by atoms with Gasteiger partial charge in [-0.25, -0.2) is 9.97 Å². The highest BCUT2D eigenvalue weighted by molar-refractivity contribution is 5.78. The average molecular weight is 345 g/mol. The van der Waals surface area contributed by atoms with Crippen molar-refractivity contribution in [1.82, 2.24) is 9.97 Å². The Morgan fingerprint density at radius 3 is 2.16 bits per heavy atom. The second-order valence-electron chi connectivity index (χ2n) is 5.93. The first kappa shape index (κ1) is 19.0. The van der Waals surface area contributed by atoms with E-state index in [0.29, 0.717) is 43.6 Å². The van der Waals surface area contributed by atoms with Crippen LogP contribution in [0.3, 0.4) is 0 Å². The highest BCUT2D eigenvalue weighted by Gasteiger charge is 2.15. The van der Waals surface area contributed by atoms with Gasteiger partial charge in [0.2, 0.25) is 0 Å². The third kappa shape index (κ3) is 5.30. The van der Waals surface area contributed by atoms with Crippen molar-refractivity contribution >= 4 is 23.0 Å². The largest absolute Gasteiger partial charge is 0.393 e. The van der Waals surface area contributed by atoms with Gasteiger partial charge in [0, 0.05) is 33.0 Å². The molecule has 25 heavy (non-hydrogen) atoms. The van der Waals surface area contributed by atoms with Gasteiger partial charge in [0.1, 0.15) is 12.0 Å². The summed E-state index contributed by atoms with van der Waals surface area (Å²) in [5, 5.41) is 3.30. The lowest BCUT2D eigenvalue weighted by Gasteiger charge is -2.25. The monoisotopic (exact) mass is 345 g/mol. The normalized spacial score (nSPS) is 10.7. The summed E-state index contributed by atoms with van der Waals surface area (Å²) in [7, 11) is 3.34. The van der Waals surface area contributed by atoms with Gasteiger partial charge in [-0.2, -0.15) is 0 Å². The SMILES string of the molecule is COCCN(CCOC)c1ncnc(Nc2cc(C)cc(C)c2)c1N. The number of aromatic nitrogens is 2. The highest BCUT2D eigenvalue weighted by Crippen LogP contribution is 2.29. The van der Waals surface area contributed by atoms with Gasteiger partial charge < -0.3 is 25.4 Å². The smallest absolute Gasteiger partial charge is 0.159 e. The number of hydrogen-bond donors (Lipinski definition) is 2. The zero-order chi connectivity index (χ0) is 18.2. The van der Waals surface area contributed by atoms with Crippen LogP contribution in [-0.4, -0.2) is 50.5 Å². The fourth-order valence-corrected chi connectivity index (χ4v) is 2.65. The Morgan fingerprint density at radius 1 is 1.00 bits per heavy atom. The summed E-state index contributed by atoms with van der Waals surface area (Å²) in [5.74, 6) is 1.27. The summed E-state index contributed by atoms with van der Waals surface area (Å²) < 4.78 is 10.4. The predicted octanol–water partition coefficient (Wildman–Crippen LogP) is 2.52. The minimum atomic E-state index is 0.508. The third-order valence-electron chi connectivity index (χ3n) is 3.78. The quantitative estimate of drug-likeness (QED) is 0.722. The number of methoxy groups -OCH3 is 2. The molecule has 0 unspecified atom stereocenters. The number of aryl methyl sites for hydroxylation is 2. The third-order valence-corrected chi connectivity index (χ3v) is 3.78. The number of rotatable bonds is 9. The molecule has 0 saturated heterocycles. The van der Waals surface area contributed by atoms with E-state index in [1.165, 1.54) is 17.5 Å². The van der Waals surface area contributed by atoms with Crippen molar-refractivity contribution in [2.75, 3.05) is 56.5 Å². The summed E-state index contributed by atoms with van der Waals surface area (Å²) in [6.45, 7) is 6.61. The maximum absolute atomic E-state index is 6.34. The highest BCUT2D eigenvalue weighted by atomic mass is 16.5. The lowest BCUT2D eigenvalue weighted by molar-refractivity contribution is 0.190. The number of nitrogens with one attached hydrogen (secondary N) is 1. The number of hydrogen-bond acceptors (Lipinski definition) is 7. The van der Waals surface area contributed by atoms with Gasteiger partial charge >= 0.3 is 0 Å². The number of nitrogens with zero attached hydrogens (tertiary/aromatic N) is 3. The van der Waals surface area contributed by atoms with Crippen LogP contribution in [0.1, 0.15) is 11.1 Å². The first-order chi connectivity index (χ1) is 12.0. The summed E-state index contributed by atoms with van der Waals surface area (Å²) in [5.41, 5.74) is 10.2. The van der Waals surface area contributed by atoms with Crippen LogP contribution in [0, 0.1) is 13.8 Å². The zero-order valence-electron chi connectivity index (χ0n) is 15.4. The molecule has 2 rings (SSSR count). The van der Waals surface area contributed by atoms with E-state index in [9.17, 15) is 0 Å². The van der Waals surface area contributed by atoms with Crippen molar-refractivity contribution in [1.29, 1.82) is 0 Å². The van der Waals surface area contributed by atoms with Gasteiger partial charge in [0.05, 0.1) is 13.2 Å². The summed E-state index contributed by atoms with van der Waals surface area (Å²) in [6.07, 6.45) is 1.52. The van der Waals surface area contributed by atoms with Gasteiger partial charge in [-0.3, -0.25) is 0 Å². The van der Waals surface area contributed by atoms with E-state index in [2.05, 4.69) is 47.3 Å². The van der Waals surface area contributed by atoms with Gasteiger partial charge in [-0.15, -0.1) is 0 Å². The Hall–Kier alpha value is -2.38. The summed E-state index contributed by atoms with van der Waals surface area (Å²) in [4.78, 5) is 10.7. The van der Waals surface area contributed by atoms with E-state index in [4.69, 9.17) is 15.2 Å². The standard InChI is InChI=1S/C18H27N5O2/c1-13-9-14(2)11-15(10-13)22-17-16(19)18(21-12-20-17)23(5-7-24-3)6-8-25-4/h9-12H,5-8,19H2,1-4H3,(H,20,21,22). The van der Waals surface area contributed by atoms with Crippen LogP contribution in [0.15, 0.2) is 24.5 Å². The lowest BCUT2D eigenvalue weighted by Crippen LogP contribution is -2.32. The van der Waals surface area contributed by atoms with Gasteiger partial charge in [0.25, 0.3) is 0 Å². The molecule has 0 aliphatic heterocycles. The van der Waals surface area contributed by atoms with Crippen LogP contribution in [0.2, 0.25) is 0 Å². The van der Waals surface area contributed by atoms with E-state index < -0.39 is 0 Å². The first-order valence-corrected chi connectivity index (χ1v) is 8.23. The number of nitrogen functional groups attached to an aromatic ring is 1. The van der Waals surface area contributed by atoms with E-state index in [0.717, 1.165) is 5.69 Å². The van der Waals surface area contributed by atoms with Crippen molar-refractivity contribution < 1.29 is 9.47 Å². The molecule has 0 atom stereocenters. The molecule has 2 aromatic rings. The van der Waals surface area contributed by atoms with Gasteiger partial charge in [-0.1, -0.05) is 6.07 Å². The van der Waals surface area contributed by atoms with Crippen LogP contribution in [0.5, 0.6) is 0 Å². The molecule has 7 nitrogen and oxygen atoms in total. The minimum Gasteiger partial charge on any atom is -0.393 e. The average Bonchev–Trinajstić information content (AvgIpc) is 2.56. The first-order valence-electron chi connectivity index (χ1n) is 8.23. The Balaban J connectivity index is 2.27. The van der Waals surface area contributed by atoms with E-state index in [1.54, 1.807) is 14.2 Å². The number of anilines is 4. The van der Waals surface area contributed by atoms with Crippen LogP contribution >= 0.6 is 0 Å². The van der Waals surface area contributed by atoms with Crippen molar-refractivity contribution in [2.45, 2.75) is 13.8 Å². The summed E-state index contributed by atoms with van der Waals surface area (Å²) >= 11 is 0. The molecular weight excluding hydrogens is 318 g/mol. The number of ether oxygens (including phenoxy) is 2. The maximum atomic E-state index is 6.34. The molecule has 0 aliphatic carbocycles. The topological polar surface area (TPSA) is 85.5 Å². The van der Waals surface area contributed by atoms with Crippen molar-refractivity contribution in [3.63, 3.8) is 0 Å². The molecule has 0 amide bonds. The predicted molar refractivity (Wildman–Crippen MR) is 102 cm³/mol. The zero-order valence-corrected chi connectivity index (χ0v) is 15.4. The van der Waals surface area contributed by atoms with Crippen molar-refractivity contribution in [3.8, 4) is 0 Å². The molecule has 0 fully saturated rings. The van der Waals surface area contributed by atoms with Crippen LogP contribution in [0.4, 0.5) is 23.0 Å². The fraction of sp³-hybridized carbons (Fsp3) is 0.444. The van der Waals surface area contributed by atoms with Gasteiger partial charge in [0.15, 0.2) is 11.6 Å². The fourth-order valence-electron chi connectivity index (χ4n) is 2.65. The Morgan fingerprint density at radius 2 is 1.60 bits per heavy atom. The second kappa shape index (κ2) is 9.19. The van der Waals surface area contributed by atoms with Gasteiger partial charge in [-0.05, 0) is 37.1 Å². The maximum Gasteiger partial charge on any atom is 0.159 e. The summed E-state index contributed by atoms with van der Waals surface area (Å²) in [6, 6.07) is 6.24. The molecule has 3 N–H and O–H groups in total. The molecule has 0 spiro atoms. The molecule has 136 valence electrons. The Labute approximate surface area is 149 Å². The second-order valence-corrected chi connectivity index (χ2v) is 5.93. The van der Waals surface area contributed by atoms with E-state index >= 15 is 0 Å². The van der Waals surface area contributed by atoms with Crippen LogP contribution < -0.4 is 16.0 Å². The molecular formula is C18H27N5O2. The molecule has 0 saturated carbocycles. The molecule has 0 radical (unpaired) electrons. The Bertz CT molecular complexity index is 665. The number of benzene rings is 1. The van der Waals surface area contributed by atoms with Crippen molar-refractivity contribution in [2.24, 2.45) is 0 Å². The molecule has 1 heterocycles. The number of nitrogens with two attached hydrogens (primary N) is 1. The van der Waals surface area contributed by atoms with Crippen LogP contribution in [-0.2, 0) is 9.47 Å². The Kier molecular flexibility index (Phi) is 6.97. The lowest BCUT2D eigenvalue weighted by atomic mass is 10.1. The van der Waals surface area contributed by atoms with Crippen LogP contribution in [0.25, 0.3) is 0 Å². The molecule has 1 aromatic carbocycles. The van der Waals surface area contributed by atoms with Crippen molar-refractivity contribution in [3.05, 3.63) is 35.7 Å². The van der Waals surface area contributed by atoms with E-state index in [1.807, 2.05) is 4.90 Å².